The number of nitrogens with zero attached hydrogens (tertiary/aromatic N) is 3. The summed E-state index contributed by atoms with van der Waals surface area (Å²) in [6, 6.07) is 8.32. The van der Waals surface area contributed by atoms with Crippen molar-refractivity contribution in [1.82, 2.24) is 0 Å². The average molecular weight is 259 g/mol. The third kappa shape index (κ3) is 2.00. The number of aliphatic imine (C=N–C) groups is 1. The normalized spacial score (nSPS) is 19.3. The van der Waals surface area contributed by atoms with E-state index >= 15 is 0 Å². The van der Waals surface area contributed by atoms with Gasteiger partial charge in [0.05, 0.1) is 30.6 Å². The van der Waals surface area contributed by atoms with Gasteiger partial charge in [0.15, 0.2) is 0 Å². The zero-order valence-electron chi connectivity index (χ0n) is 11.8. The largest absolute Gasteiger partial charge is 0.391 e. The minimum atomic E-state index is -0.385. The van der Waals surface area contributed by atoms with E-state index in [1.807, 2.05) is 6.07 Å². The first-order chi connectivity index (χ1) is 8.98. The first-order valence-corrected chi connectivity index (χ1v) is 6.85. The maximum atomic E-state index is 10.4. The zero-order valence-corrected chi connectivity index (χ0v) is 11.8. The third-order valence-electron chi connectivity index (χ3n) is 3.88. The van der Waals surface area contributed by atoms with Crippen LogP contribution in [0, 0.1) is 5.41 Å². The van der Waals surface area contributed by atoms with Crippen LogP contribution in [-0.2, 0) is 0 Å². The van der Waals surface area contributed by atoms with Crippen molar-refractivity contribution in [3.63, 3.8) is 0 Å². The lowest BCUT2D eigenvalue weighted by Crippen LogP contribution is -2.44. The Morgan fingerprint density at radius 3 is 2.63 bits per heavy atom. The lowest BCUT2D eigenvalue weighted by atomic mass is 9.89. The molecule has 2 aliphatic rings. The molecule has 2 aliphatic heterocycles. The van der Waals surface area contributed by atoms with Gasteiger partial charge in [-0.25, -0.2) is 0 Å². The van der Waals surface area contributed by atoms with Gasteiger partial charge in [0.1, 0.15) is 0 Å². The molecule has 1 aromatic rings. The number of para-hydroxylation sites is 2. The Morgan fingerprint density at radius 1 is 1.26 bits per heavy atom. The molecule has 0 saturated carbocycles. The fourth-order valence-corrected chi connectivity index (χ4v) is 2.55. The molecule has 0 aromatic heterocycles. The number of aliphatic hydroxyl groups is 1. The summed E-state index contributed by atoms with van der Waals surface area (Å²) < 4.78 is 0. The fraction of sp³-hybridized carbons (Fsp3) is 0.533. The number of hydrogen-bond donors (Lipinski definition) is 1. The van der Waals surface area contributed by atoms with Crippen molar-refractivity contribution in [1.29, 1.82) is 0 Å². The molecule has 0 fully saturated rings. The minimum Gasteiger partial charge on any atom is -0.391 e. The van der Waals surface area contributed by atoms with E-state index in [9.17, 15) is 5.11 Å². The molecule has 0 amide bonds. The number of aliphatic hydroxyl groups excluding tert-OH is 1. The molecule has 0 spiro atoms. The minimum absolute atomic E-state index is 0.123. The summed E-state index contributed by atoms with van der Waals surface area (Å²) in [5.74, 6) is 0.990. The number of benzene rings is 1. The Labute approximate surface area is 114 Å². The lowest BCUT2D eigenvalue weighted by Gasteiger charge is -2.30. The van der Waals surface area contributed by atoms with Crippen LogP contribution in [0.5, 0.6) is 0 Å². The Balaban J connectivity index is 1.93. The second-order valence-corrected chi connectivity index (χ2v) is 6.31. The van der Waals surface area contributed by atoms with Crippen LogP contribution in [0.3, 0.4) is 0 Å². The number of β-amino-alcohol motifs (C(OH)–C–C–N with tert-alkyl or cyclic N) is 1. The van der Waals surface area contributed by atoms with Crippen molar-refractivity contribution >= 4 is 17.3 Å². The van der Waals surface area contributed by atoms with Gasteiger partial charge in [-0.2, -0.15) is 0 Å². The van der Waals surface area contributed by atoms with Gasteiger partial charge < -0.3 is 14.9 Å². The SMILES string of the molecule is CC(C)(C)[C@H](O)CN1C2=NCCN2c2ccccc21. The maximum absolute atomic E-state index is 10.4. The molecule has 0 unspecified atom stereocenters. The molecule has 0 aliphatic carbocycles. The number of guanidine groups is 1. The molecule has 2 heterocycles. The van der Waals surface area contributed by atoms with Gasteiger partial charge in [-0.15, -0.1) is 0 Å². The van der Waals surface area contributed by atoms with Crippen LogP contribution in [0.25, 0.3) is 0 Å². The first kappa shape index (κ1) is 12.5. The van der Waals surface area contributed by atoms with E-state index in [1.165, 1.54) is 5.69 Å². The standard InChI is InChI=1S/C15H21N3O/c1-15(2,3)13(19)10-18-12-7-5-4-6-11(12)17-9-8-16-14(17)18/h4-7,13,19H,8-10H2,1-3H3/t13-/m1/s1. The molecule has 4 nitrogen and oxygen atoms in total. The number of hydrogen-bond acceptors (Lipinski definition) is 4. The molecule has 4 heteroatoms. The molecule has 1 atom stereocenters. The zero-order chi connectivity index (χ0) is 13.6. The predicted molar refractivity (Wildman–Crippen MR) is 78.9 cm³/mol. The highest BCUT2D eigenvalue weighted by molar-refractivity contribution is 6.17. The van der Waals surface area contributed by atoms with Crippen molar-refractivity contribution < 1.29 is 5.11 Å². The molecule has 1 N–H and O–H groups in total. The van der Waals surface area contributed by atoms with Gasteiger partial charge >= 0.3 is 0 Å². The van der Waals surface area contributed by atoms with Crippen LogP contribution in [-0.4, -0.2) is 36.8 Å². The van der Waals surface area contributed by atoms with Gasteiger partial charge in [-0.1, -0.05) is 32.9 Å². The molecule has 0 radical (unpaired) electrons. The summed E-state index contributed by atoms with van der Waals surface area (Å²) in [7, 11) is 0. The Kier molecular flexibility index (Phi) is 2.78. The van der Waals surface area contributed by atoms with Crippen molar-refractivity contribution in [3.05, 3.63) is 24.3 Å². The van der Waals surface area contributed by atoms with Gasteiger partial charge in [-0.3, -0.25) is 4.99 Å². The molecular weight excluding hydrogens is 238 g/mol. The molecule has 1 aromatic carbocycles. The number of fused-ring (bicyclic) bond motifs is 3. The molecule has 0 bridgehead atoms. The predicted octanol–water partition coefficient (Wildman–Crippen LogP) is 2.09. The lowest BCUT2D eigenvalue weighted by molar-refractivity contribution is 0.0714. The number of anilines is 2. The van der Waals surface area contributed by atoms with E-state index in [0.29, 0.717) is 6.54 Å². The van der Waals surface area contributed by atoms with Crippen LogP contribution < -0.4 is 9.80 Å². The van der Waals surface area contributed by atoms with Crippen LogP contribution in [0.2, 0.25) is 0 Å². The van der Waals surface area contributed by atoms with E-state index in [2.05, 4.69) is 53.8 Å². The Hall–Kier alpha value is -1.55. The summed E-state index contributed by atoms with van der Waals surface area (Å²) in [5, 5.41) is 10.4. The van der Waals surface area contributed by atoms with Crippen LogP contribution in [0.1, 0.15) is 20.8 Å². The topological polar surface area (TPSA) is 39.1 Å². The van der Waals surface area contributed by atoms with Gasteiger partial charge in [0.2, 0.25) is 5.96 Å². The van der Waals surface area contributed by atoms with Crippen LogP contribution in [0.4, 0.5) is 11.4 Å². The quantitative estimate of drug-likeness (QED) is 0.884. The highest BCUT2D eigenvalue weighted by Gasteiger charge is 2.37. The van der Waals surface area contributed by atoms with Crippen molar-refractivity contribution in [2.45, 2.75) is 26.9 Å². The van der Waals surface area contributed by atoms with E-state index < -0.39 is 0 Å². The highest BCUT2D eigenvalue weighted by Crippen LogP contribution is 2.39. The summed E-state index contributed by atoms with van der Waals surface area (Å²) in [6.45, 7) is 8.56. The Morgan fingerprint density at radius 2 is 1.95 bits per heavy atom. The second-order valence-electron chi connectivity index (χ2n) is 6.31. The van der Waals surface area contributed by atoms with Crippen molar-refractivity contribution in [3.8, 4) is 0 Å². The van der Waals surface area contributed by atoms with Gasteiger partial charge in [-0.05, 0) is 17.5 Å². The van der Waals surface area contributed by atoms with Crippen LogP contribution in [0.15, 0.2) is 29.3 Å². The highest BCUT2D eigenvalue weighted by atomic mass is 16.3. The van der Waals surface area contributed by atoms with Gasteiger partial charge in [0.25, 0.3) is 0 Å². The molecule has 102 valence electrons. The molecule has 0 saturated heterocycles. The van der Waals surface area contributed by atoms with E-state index in [-0.39, 0.29) is 11.5 Å². The van der Waals surface area contributed by atoms with E-state index in [1.54, 1.807) is 0 Å². The van der Waals surface area contributed by atoms with E-state index in [0.717, 1.165) is 24.7 Å². The van der Waals surface area contributed by atoms with Crippen molar-refractivity contribution in [2.75, 3.05) is 29.4 Å². The van der Waals surface area contributed by atoms with Gasteiger partial charge in [0, 0.05) is 6.54 Å². The molecule has 19 heavy (non-hydrogen) atoms. The first-order valence-electron chi connectivity index (χ1n) is 6.85. The van der Waals surface area contributed by atoms with Crippen molar-refractivity contribution in [2.24, 2.45) is 10.4 Å². The summed E-state index contributed by atoms with van der Waals surface area (Å²) in [5.41, 5.74) is 2.24. The number of rotatable bonds is 2. The maximum Gasteiger partial charge on any atom is 0.206 e. The molecular formula is C15H21N3O. The summed E-state index contributed by atoms with van der Waals surface area (Å²) in [6.07, 6.45) is -0.385. The van der Waals surface area contributed by atoms with E-state index in [4.69, 9.17) is 0 Å². The average Bonchev–Trinajstić information content (AvgIpc) is 2.91. The second kappa shape index (κ2) is 4.23. The fourth-order valence-electron chi connectivity index (χ4n) is 2.55. The monoisotopic (exact) mass is 259 g/mol. The smallest absolute Gasteiger partial charge is 0.206 e. The van der Waals surface area contributed by atoms with Crippen LogP contribution >= 0.6 is 0 Å². The Bertz CT molecular complexity index is 518. The summed E-state index contributed by atoms with van der Waals surface area (Å²) in [4.78, 5) is 8.98. The summed E-state index contributed by atoms with van der Waals surface area (Å²) >= 11 is 0. The third-order valence-corrected chi connectivity index (χ3v) is 3.88. The molecule has 3 rings (SSSR count).